The lowest BCUT2D eigenvalue weighted by Gasteiger charge is -2.16. The Morgan fingerprint density at radius 3 is 2.66 bits per heavy atom. The molecule has 0 radical (unpaired) electrons. The van der Waals surface area contributed by atoms with Gasteiger partial charge in [-0.1, -0.05) is 41.9 Å². The zero-order valence-corrected chi connectivity index (χ0v) is 17.0. The Morgan fingerprint density at radius 1 is 1.21 bits per heavy atom. The van der Waals surface area contributed by atoms with Gasteiger partial charge in [0.2, 0.25) is 5.91 Å². The molecule has 6 heteroatoms. The third kappa shape index (κ3) is 5.21. The van der Waals surface area contributed by atoms with Crippen molar-refractivity contribution in [1.82, 2.24) is 5.32 Å². The predicted octanol–water partition coefficient (Wildman–Crippen LogP) is 5.26. The molecule has 0 bridgehead atoms. The first-order valence-electron chi connectivity index (χ1n) is 9.19. The minimum absolute atomic E-state index is 0.264. The van der Waals surface area contributed by atoms with Crippen LogP contribution < -0.4 is 14.8 Å². The first-order chi connectivity index (χ1) is 14.1. The van der Waals surface area contributed by atoms with E-state index in [1.54, 1.807) is 30.5 Å². The molecule has 3 rings (SSSR count). The summed E-state index contributed by atoms with van der Waals surface area (Å²) in [5, 5.41) is 3.39. The highest BCUT2D eigenvalue weighted by molar-refractivity contribution is 6.32. The molecule has 1 unspecified atom stereocenters. The minimum Gasteiger partial charge on any atom is -0.491 e. The highest BCUT2D eigenvalue weighted by Crippen LogP contribution is 2.36. The van der Waals surface area contributed by atoms with E-state index in [1.807, 2.05) is 43.3 Å². The van der Waals surface area contributed by atoms with Crippen molar-refractivity contribution in [2.75, 3.05) is 13.7 Å². The molecule has 0 saturated carbocycles. The lowest BCUT2D eigenvalue weighted by atomic mass is 10.0. The number of methoxy groups -OCH3 is 1. The van der Waals surface area contributed by atoms with E-state index in [-0.39, 0.29) is 11.9 Å². The topological polar surface area (TPSA) is 60.7 Å². The van der Waals surface area contributed by atoms with E-state index in [4.69, 9.17) is 25.5 Å². The number of hydrogen-bond donors (Lipinski definition) is 1. The molecule has 1 heterocycles. The van der Waals surface area contributed by atoms with E-state index in [1.165, 1.54) is 13.2 Å². The monoisotopic (exact) mass is 411 g/mol. The van der Waals surface area contributed by atoms with E-state index in [0.29, 0.717) is 28.9 Å². The van der Waals surface area contributed by atoms with E-state index in [0.717, 1.165) is 11.1 Å². The Labute approximate surface area is 174 Å². The van der Waals surface area contributed by atoms with Crippen LogP contribution in [0.15, 0.2) is 71.4 Å². The van der Waals surface area contributed by atoms with Gasteiger partial charge in [0, 0.05) is 6.08 Å². The van der Waals surface area contributed by atoms with Crippen molar-refractivity contribution in [2.24, 2.45) is 0 Å². The molecule has 0 saturated heterocycles. The van der Waals surface area contributed by atoms with Crippen molar-refractivity contribution in [1.29, 1.82) is 0 Å². The van der Waals surface area contributed by atoms with Crippen molar-refractivity contribution < 1.29 is 18.7 Å². The first kappa shape index (κ1) is 20.6. The van der Waals surface area contributed by atoms with Gasteiger partial charge in [-0.2, -0.15) is 0 Å². The second-order valence-electron chi connectivity index (χ2n) is 6.17. The maximum atomic E-state index is 12.6. The number of ether oxygens (including phenoxy) is 2. The van der Waals surface area contributed by atoms with Crippen molar-refractivity contribution in [3.8, 4) is 11.5 Å². The van der Waals surface area contributed by atoms with Crippen molar-refractivity contribution in [3.63, 3.8) is 0 Å². The molecule has 1 aromatic heterocycles. The Kier molecular flexibility index (Phi) is 6.98. The number of furan rings is 1. The largest absolute Gasteiger partial charge is 0.491 e. The summed E-state index contributed by atoms with van der Waals surface area (Å²) in [6.45, 7) is 2.35. The predicted molar refractivity (Wildman–Crippen MR) is 113 cm³/mol. The highest BCUT2D eigenvalue weighted by Gasteiger charge is 2.18. The average Bonchev–Trinajstić information content (AvgIpc) is 3.26. The highest BCUT2D eigenvalue weighted by atomic mass is 35.5. The second-order valence-corrected chi connectivity index (χ2v) is 6.58. The fourth-order valence-corrected chi connectivity index (χ4v) is 3.22. The standard InChI is InChI=1S/C23H22ClNO4/c1-3-28-20-15-16(14-18(24)23(20)27-2)11-12-21(26)25-22(19-10-7-13-29-19)17-8-5-4-6-9-17/h4-15,22H,3H2,1-2H3,(H,25,26). The summed E-state index contributed by atoms with van der Waals surface area (Å²) in [7, 11) is 1.53. The van der Waals surface area contributed by atoms with Gasteiger partial charge in [-0.25, -0.2) is 0 Å². The van der Waals surface area contributed by atoms with Gasteiger partial charge in [0.15, 0.2) is 11.5 Å². The van der Waals surface area contributed by atoms with Gasteiger partial charge in [-0.05, 0) is 48.4 Å². The summed E-state index contributed by atoms with van der Waals surface area (Å²) in [5.41, 5.74) is 1.65. The number of halogens is 1. The molecule has 0 aliphatic rings. The molecule has 3 aromatic rings. The lowest BCUT2D eigenvalue weighted by Crippen LogP contribution is -2.27. The minimum atomic E-state index is -0.387. The Bertz CT molecular complexity index is 968. The van der Waals surface area contributed by atoms with Crippen molar-refractivity contribution >= 4 is 23.6 Å². The zero-order chi connectivity index (χ0) is 20.6. The van der Waals surface area contributed by atoms with E-state index in [9.17, 15) is 4.79 Å². The summed E-state index contributed by atoms with van der Waals surface area (Å²) < 4.78 is 16.4. The molecule has 5 nitrogen and oxygen atoms in total. The van der Waals surface area contributed by atoms with Crippen LogP contribution in [0.2, 0.25) is 5.02 Å². The van der Waals surface area contributed by atoms with Gasteiger partial charge in [0.1, 0.15) is 11.8 Å². The number of carbonyl (C=O) groups is 1. The van der Waals surface area contributed by atoms with Gasteiger partial charge in [-0.15, -0.1) is 0 Å². The summed E-state index contributed by atoms with van der Waals surface area (Å²) in [6, 6.07) is 16.4. The van der Waals surface area contributed by atoms with Crippen LogP contribution in [0.4, 0.5) is 0 Å². The normalized spacial score (nSPS) is 12.0. The molecule has 0 aliphatic heterocycles. The van der Waals surface area contributed by atoms with Gasteiger partial charge in [0.05, 0.1) is 25.0 Å². The number of benzene rings is 2. The molecule has 29 heavy (non-hydrogen) atoms. The zero-order valence-electron chi connectivity index (χ0n) is 16.2. The summed E-state index contributed by atoms with van der Waals surface area (Å²) in [6.07, 6.45) is 4.71. The number of amides is 1. The smallest absolute Gasteiger partial charge is 0.244 e. The number of hydrogen-bond acceptors (Lipinski definition) is 4. The third-order valence-electron chi connectivity index (χ3n) is 4.21. The molecular formula is C23H22ClNO4. The molecule has 0 fully saturated rings. The number of carbonyl (C=O) groups excluding carboxylic acids is 1. The summed E-state index contributed by atoms with van der Waals surface area (Å²) in [5.74, 6) is 1.39. The molecule has 0 aliphatic carbocycles. The molecule has 0 spiro atoms. The molecule has 1 amide bonds. The Morgan fingerprint density at radius 2 is 2.00 bits per heavy atom. The van der Waals surface area contributed by atoms with Gasteiger partial charge >= 0.3 is 0 Å². The van der Waals surface area contributed by atoms with Gasteiger partial charge in [0.25, 0.3) is 0 Å². The molecule has 150 valence electrons. The Balaban J connectivity index is 1.79. The van der Waals surface area contributed by atoms with Crippen LogP contribution in [-0.4, -0.2) is 19.6 Å². The average molecular weight is 412 g/mol. The van der Waals surface area contributed by atoms with Crippen LogP contribution in [0.3, 0.4) is 0 Å². The number of rotatable bonds is 8. The molecule has 2 aromatic carbocycles. The van der Waals surface area contributed by atoms with Crippen LogP contribution in [0.5, 0.6) is 11.5 Å². The van der Waals surface area contributed by atoms with Gasteiger partial charge < -0.3 is 19.2 Å². The fraction of sp³-hybridized carbons (Fsp3) is 0.174. The van der Waals surface area contributed by atoms with Crippen LogP contribution in [0.1, 0.15) is 29.9 Å². The van der Waals surface area contributed by atoms with E-state index < -0.39 is 0 Å². The van der Waals surface area contributed by atoms with Crippen molar-refractivity contribution in [3.05, 3.63) is 88.8 Å². The van der Waals surface area contributed by atoms with E-state index in [2.05, 4.69) is 5.32 Å². The van der Waals surface area contributed by atoms with Gasteiger partial charge in [-0.3, -0.25) is 4.79 Å². The SMILES string of the molecule is CCOc1cc(C=CC(=O)NC(c2ccccc2)c2ccco2)cc(Cl)c1OC. The molecule has 1 atom stereocenters. The summed E-state index contributed by atoms with van der Waals surface area (Å²) >= 11 is 6.27. The third-order valence-corrected chi connectivity index (χ3v) is 4.49. The quantitative estimate of drug-likeness (QED) is 0.513. The van der Waals surface area contributed by atoms with Crippen molar-refractivity contribution in [2.45, 2.75) is 13.0 Å². The van der Waals surface area contributed by atoms with Crippen LogP contribution in [0, 0.1) is 0 Å². The molecule has 1 N–H and O–H groups in total. The summed E-state index contributed by atoms with van der Waals surface area (Å²) in [4.78, 5) is 12.6. The maximum Gasteiger partial charge on any atom is 0.244 e. The van der Waals surface area contributed by atoms with Crippen LogP contribution in [0.25, 0.3) is 6.08 Å². The van der Waals surface area contributed by atoms with Crippen LogP contribution in [-0.2, 0) is 4.79 Å². The second kappa shape index (κ2) is 9.85. The number of nitrogens with one attached hydrogen (secondary N) is 1. The maximum absolute atomic E-state index is 12.6. The molecular weight excluding hydrogens is 390 g/mol. The Hall–Kier alpha value is -3.18. The van der Waals surface area contributed by atoms with E-state index >= 15 is 0 Å². The lowest BCUT2D eigenvalue weighted by molar-refractivity contribution is -0.117. The fourth-order valence-electron chi connectivity index (χ4n) is 2.93. The first-order valence-corrected chi connectivity index (χ1v) is 9.57. The van der Waals surface area contributed by atoms with Crippen LogP contribution >= 0.6 is 11.6 Å².